The smallest absolute Gasteiger partial charge is 0.333 e. The Bertz CT molecular complexity index is 874. The number of nitrogens with one attached hydrogen (secondary N) is 1. The van der Waals surface area contributed by atoms with E-state index in [4.69, 9.17) is 9.47 Å². The van der Waals surface area contributed by atoms with Gasteiger partial charge in [-0.3, -0.25) is 0 Å². The summed E-state index contributed by atoms with van der Waals surface area (Å²) in [5.74, 6) is -4.36. The first-order chi connectivity index (χ1) is 13.5. The van der Waals surface area contributed by atoms with E-state index >= 15 is 0 Å². The number of benzene rings is 2. The molecule has 0 radical (unpaired) electrons. The molecule has 28 heavy (non-hydrogen) atoms. The lowest BCUT2D eigenvalue weighted by Gasteiger charge is -2.19. The Morgan fingerprint density at radius 3 is 2.32 bits per heavy atom. The molecule has 1 aliphatic heterocycles. The van der Waals surface area contributed by atoms with Crippen molar-refractivity contribution in [1.29, 1.82) is 0 Å². The molecular formula is C20H18F3NO4. The van der Waals surface area contributed by atoms with E-state index in [1.807, 2.05) is 0 Å². The molecule has 2 aromatic carbocycles. The van der Waals surface area contributed by atoms with Gasteiger partial charge in [-0.25, -0.2) is 18.0 Å². The minimum absolute atomic E-state index is 0.0165. The second-order valence-corrected chi connectivity index (χ2v) is 6.11. The first-order valence-corrected chi connectivity index (χ1v) is 8.62. The molecule has 1 aliphatic rings. The summed E-state index contributed by atoms with van der Waals surface area (Å²) in [4.78, 5) is 11.4. The van der Waals surface area contributed by atoms with E-state index in [0.29, 0.717) is 43.0 Å². The van der Waals surface area contributed by atoms with Crippen LogP contribution in [0.5, 0.6) is 11.5 Å². The largest absolute Gasteiger partial charge is 0.490 e. The van der Waals surface area contributed by atoms with Crippen LogP contribution in [0, 0.1) is 17.5 Å². The molecule has 0 aromatic heterocycles. The van der Waals surface area contributed by atoms with Crippen molar-refractivity contribution in [2.45, 2.75) is 6.42 Å². The zero-order chi connectivity index (χ0) is 20.1. The summed E-state index contributed by atoms with van der Waals surface area (Å²) in [5, 5.41) is 12.3. The molecule has 8 heteroatoms. The lowest BCUT2D eigenvalue weighted by atomic mass is 9.94. The van der Waals surface area contributed by atoms with Crippen LogP contribution in [-0.2, 0) is 4.79 Å². The van der Waals surface area contributed by atoms with Crippen LogP contribution >= 0.6 is 0 Å². The molecule has 1 heterocycles. The van der Waals surface area contributed by atoms with E-state index in [-0.39, 0.29) is 13.2 Å². The standard InChI is InChI=1S/C20H18F3NO4/c21-13-9-17(22)19(18(23)10-13)28-8-7-27-14-3-1-12(2-4-14)15-5-6-24-11-16(15)20(25)26/h1-4,9-10,24H,5-8,11H2,(H,25,26). The second-order valence-electron chi connectivity index (χ2n) is 6.11. The predicted molar refractivity (Wildman–Crippen MR) is 95.8 cm³/mol. The van der Waals surface area contributed by atoms with Crippen molar-refractivity contribution < 1.29 is 32.5 Å². The van der Waals surface area contributed by atoms with Crippen LogP contribution in [0.2, 0.25) is 0 Å². The maximum atomic E-state index is 13.5. The van der Waals surface area contributed by atoms with Crippen molar-refractivity contribution in [2.24, 2.45) is 0 Å². The first-order valence-electron chi connectivity index (χ1n) is 8.62. The van der Waals surface area contributed by atoms with Gasteiger partial charge in [0.2, 0.25) is 0 Å². The summed E-state index contributed by atoms with van der Waals surface area (Å²) in [5.41, 5.74) is 1.93. The van der Waals surface area contributed by atoms with Gasteiger partial charge in [0.1, 0.15) is 24.8 Å². The van der Waals surface area contributed by atoms with E-state index in [0.717, 1.165) is 11.1 Å². The molecule has 3 rings (SSSR count). The third-order valence-electron chi connectivity index (χ3n) is 4.24. The van der Waals surface area contributed by atoms with Gasteiger partial charge in [0.05, 0.1) is 5.57 Å². The lowest BCUT2D eigenvalue weighted by Crippen LogP contribution is -2.28. The molecule has 5 nitrogen and oxygen atoms in total. The zero-order valence-corrected chi connectivity index (χ0v) is 14.8. The van der Waals surface area contributed by atoms with Gasteiger partial charge in [-0.2, -0.15) is 0 Å². The van der Waals surface area contributed by atoms with Gasteiger partial charge in [0, 0.05) is 18.7 Å². The van der Waals surface area contributed by atoms with Gasteiger partial charge in [-0.05, 0) is 36.2 Å². The van der Waals surface area contributed by atoms with Crippen LogP contribution in [0.25, 0.3) is 5.57 Å². The highest BCUT2D eigenvalue weighted by atomic mass is 19.1. The topological polar surface area (TPSA) is 67.8 Å². The fraction of sp³-hybridized carbons (Fsp3) is 0.250. The van der Waals surface area contributed by atoms with E-state index in [1.54, 1.807) is 24.3 Å². The highest BCUT2D eigenvalue weighted by Crippen LogP contribution is 2.27. The number of aliphatic carboxylic acids is 1. The monoisotopic (exact) mass is 393 g/mol. The molecule has 0 saturated carbocycles. The molecule has 0 saturated heterocycles. The molecule has 0 amide bonds. The molecule has 0 atom stereocenters. The Balaban J connectivity index is 1.57. The molecule has 0 spiro atoms. The number of hydrogen-bond donors (Lipinski definition) is 2. The van der Waals surface area contributed by atoms with Crippen LogP contribution in [0.15, 0.2) is 42.0 Å². The molecule has 2 N–H and O–H groups in total. The number of carboxylic acid groups (broad SMARTS) is 1. The molecule has 148 valence electrons. The Hall–Kier alpha value is -3.00. The summed E-state index contributed by atoms with van der Waals surface area (Å²) in [6.07, 6.45) is 0.616. The van der Waals surface area contributed by atoms with Crippen LogP contribution < -0.4 is 14.8 Å². The molecular weight excluding hydrogens is 375 g/mol. The van der Waals surface area contributed by atoms with E-state index in [1.165, 1.54) is 0 Å². The molecule has 0 aliphatic carbocycles. The summed E-state index contributed by atoms with van der Waals surface area (Å²) in [6.45, 7) is 0.902. The Morgan fingerprint density at radius 1 is 1.04 bits per heavy atom. The van der Waals surface area contributed by atoms with Gasteiger partial charge in [-0.1, -0.05) is 12.1 Å². The van der Waals surface area contributed by atoms with Crippen LogP contribution in [0.4, 0.5) is 13.2 Å². The van der Waals surface area contributed by atoms with Crippen molar-refractivity contribution in [2.75, 3.05) is 26.3 Å². The molecule has 0 bridgehead atoms. The molecule has 2 aromatic rings. The third-order valence-corrected chi connectivity index (χ3v) is 4.24. The normalized spacial score (nSPS) is 14.1. The fourth-order valence-corrected chi connectivity index (χ4v) is 2.93. The summed E-state index contributed by atoms with van der Waals surface area (Å²) in [6, 6.07) is 7.97. The quantitative estimate of drug-likeness (QED) is 0.706. The highest BCUT2D eigenvalue weighted by Gasteiger charge is 2.19. The van der Waals surface area contributed by atoms with Crippen molar-refractivity contribution >= 4 is 11.5 Å². The molecule has 0 fully saturated rings. The zero-order valence-electron chi connectivity index (χ0n) is 14.8. The van der Waals surface area contributed by atoms with Gasteiger partial charge in [-0.15, -0.1) is 0 Å². The number of hydrogen-bond acceptors (Lipinski definition) is 4. The number of rotatable bonds is 7. The first kappa shape index (κ1) is 19.8. The average molecular weight is 393 g/mol. The Morgan fingerprint density at radius 2 is 1.68 bits per heavy atom. The summed E-state index contributed by atoms with van der Waals surface area (Å²) in [7, 11) is 0. The van der Waals surface area contributed by atoms with Gasteiger partial charge >= 0.3 is 5.97 Å². The van der Waals surface area contributed by atoms with Crippen LogP contribution in [0.3, 0.4) is 0 Å². The van der Waals surface area contributed by atoms with Gasteiger partial charge in [0.25, 0.3) is 0 Å². The number of carboxylic acids is 1. The van der Waals surface area contributed by atoms with Crippen molar-refractivity contribution in [3.63, 3.8) is 0 Å². The summed E-state index contributed by atoms with van der Waals surface area (Å²) >= 11 is 0. The highest BCUT2D eigenvalue weighted by molar-refractivity contribution is 5.97. The number of carbonyl (C=O) groups is 1. The van der Waals surface area contributed by atoms with Gasteiger partial charge in [0.15, 0.2) is 17.4 Å². The third kappa shape index (κ3) is 4.64. The number of ether oxygens (including phenoxy) is 2. The Labute approximate surface area is 159 Å². The predicted octanol–water partition coefficient (Wildman–Crippen LogP) is 3.39. The fourth-order valence-electron chi connectivity index (χ4n) is 2.93. The van der Waals surface area contributed by atoms with Crippen molar-refractivity contribution in [1.82, 2.24) is 5.32 Å². The van der Waals surface area contributed by atoms with E-state index in [9.17, 15) is 23.1 Å². The summed E-state index contributed by atoms with van der Waals surface area (Å²) < 4.78 is 50.2. The minimum atomic E-state index is -1.12. The number of halogens is 3. The minimum Gasteiger partial charge on any atom is -0.490 e. The van der Waals surface area contributed by atoms with E-state index in [2.05, 4.69) is 5.32 Å². The SMILES string of the molecule is O=C(O)C1=C(c2ccc(OCCOc3c(F)cc(F)cc3F)cc2)CCNC1. The van der Waals surface area contributed by atoms with Crippen LogP contribution in [0.1, 0.15) is 12.0 Å². The maximum absolute atomic E-state index is 13.5. The molecule has 0 unspecified atom stereocenters. The van der Waals surface area contributed by atoms with Gasteiger partial charge < -0.3 is 19.9 Å². The Kier molecular flexibility index (Phi) is 6.20. The maximum Gasteiger partial charge on any atom is 0.333 e. The van der Waals surface area contributed by atoms with E-state index < -0.39 is 29.2 Å². The van der Waals surface area contributed by atoms with Crippen molar-refractivity contribution in [3.05, 3.63) is 65.0 Å². The lowest BCUT2D eigenvalue weighted by molar-refractivity contribution is -0.132. The average Bonchev–Trinajstić information content (AvgIpc) is 2.67. The van der Waals surface area contributed by atoms with Crippen molar-refractivity contribution in [3.8, 4) is 11.5 Å². The second kappa shape index (κ2) is 8.79. The van der Waals surface area contributed by atoms with Crippen LogP contribution in [-0.4, -0.2) is 37.4 Å².